The Morgan fingerprint density at radius 2 is 2.00 bits per heavy atom. The molecule has 114 valence electrons. The first-order chi connectivity index (χ1) is 9.97. The molecular weight excluding hydrogens is 272 g/mol. The molecule has 1 aliphatic heterocycles. The van der Waals surface area contributed by atoms with Gasteiger partial charge in [0.2, 0.25) is 5.91 Å². The van der Waals surface area contributed by atoms with Crippen LogP contribution in [0.15, 0.2) is 18.5 Å². The minimum Gasteiger partial charge on any atom is -0.480 e. The van der Waals surface area contributed by atoms with Crippen molar-refractivity contribution in [1.82, 2.24) is 19.6 Å². The van der Waals surface area contributed by atoms with Crippen LogP contribution in [0.2, 0.25) is 0 Å². The molecular formula is C14H20N4O3. The lowest BCUT2D eigenvalue weighted by molar-refractivity contribution is -0.143. The fraction of sp³-hybridized carbons (Fsp3) is 0.500. The van der Waals surface area contributed by atoms with Gasteiger partial charge in [-0.05, 0) is 13.0 Å². The summed E-state index contributed by atoms with van der Waals surface area (Å²) in [6.45, 7) is 3.93. The monoisotopic (exact) mass is 292 g/mol. The zero-order chi connectivity index (χ0) is 15.4. The highest BCUT2D eigenvalue weighted by molar-refractivity contribution is 5.91. The van der Waals surface area contributed by atoms with Gasteiger partial charge in [-0.3, -0.25) is 19.2 Å². The van der Waals surface area contributed by atoms with Gasteiger partial charge in [0.25, 0.3) is 0 Å². The van der Waals surface area contributed by atoms with Gasteiger partial charge in [-0.15, -0.1) is 0 Å². The van der Waals surface area contributed by atoms with E-state index in [0.29, 0.717) is 26.2 Å². The topological polar surface area (TPSA) is 78.7 Å². The first-order valence-electron chi connectivity index (χ1n) is 6.90. The third-order valence-corrected chi connectivity index (χ3v) is 3.67. The van der Waals surface area contributed by atoms with Crippen LogP contribution < -0.4 is 0 Å². The maximum Gasteiger partial charge on any atom is 0.320 e. The third kappa shape index (κ3) is 3.91. The molecule has 2 rings (SSSR count). The lowest BCUT2D eigenvalue weighted by atomic mass is 10.2. The quantitative estimate of drug-likeness (QED) is 0.793. The summed E-state index contributed by atoms with van der Waals surface area (Å²) < 4.78 is 1.68. The van der Waals surface area contributed by atoms with Crippen molar-refractivity contribution in [3.63, 3.8) is 0 Å². The Kier molecular flexibility index (Phi) is 4.74. The van der Waals surface area contributed by atoms with E-state index >= 15 is 0 Å². The largest absolute Gasteiger partial charge is 0.480 e. The molecule has 7 nitrogen and oxygen atoms in total. The highest BCUT2D eigenvalue weighted by Crippen LogP contribution is 2.08. The Labute approximate surface area is 123 Å². The van der Waals surface area contributed by atoms with Crippen molar-refractivity contribution in [3.8, 4) is 0 Å². The lowest BCUT2D eigenvalue weighted by Crippen LogP contribution is -2.52. The fourth-order valence-electron chi connectivity index (χ4n) is 2.28. The van der Waals surface area contributed by atoms with Gasteiger partial charge in [-0.25, -0.2) is 0 Å². The van der Waals surface area contributed by atoms with E-state index < -0.39 is 12.0 Å². The van der Waals surface area contributed by atoms with E-state index in [2.05, 4.69) is 5.10 Å². The number of carbonyl (C=O) groups excluding carboxylic acids is 1. The van der Waals surface area contributed by atoms with Gasteiger partial charge in [0.1, 0.15) is 6.04 Å². The standard InChI is InChI=1S/C14H20N4O3/c1-11(14(20)21)17-5-7-18(8-6-17)13(19)4-3-12-9-15-16(2)10-12/h3-4,9-11H,5-8H2,1-2H3,(H,20,21). The number of hydrogen-bond acceptors (Lipinski definition) is 4. The highest BCUT2D eigenvalue weighted by Gasteiger charge is 2.26. The van der Waals surface area contributed by atoms with Crippen LogP contribution >= 0.6 is 0 Å². The maximum absolute atomic E-state index is 12.1. The third-order valence-electron chi connectivity index (χ3n) is 3.67. The first kappa shape index (κ1) is 15.2. The van der Waals surface area contributed by atoms with Crippen molar-refractivity contribution in [2.24, 2.45) is 7.05 Å². The molecule has 1 N–H and O–H groups in total. The summed E-state index contributed by atoms with van der Waals surface area (Å²) in [5, 5.41) is 13.0. The molecule has 1 aromatic rings. The second-order valence-corrected chi connectivity index (χ2v) is 5.16. The van der Waals surface area contributed by atoms with Gasteiger partial charge in [-0.1, -0.05) is 0 Å². The van der Waals surface area contributed by atoms with Crippen molar-refractivity contribution in [3.05, 3.63) is 24.0 Å². The molecule has 1 atom stereocenters. The zero-order valence-electron chi connectivity index (χ0n) is 12.3. The van der Waals surface area contributed by atoms with Gasteiger partial charge in [0.05, 0.1) is 6.20 Å². The molecule has 1 amide bonds. The number of carbonyl (C=O) groups is 2. The van der Waals surface area contributed by atoms with Crippen molar-refractivity contribution >= 4 is 18.0 Å². The average Bonchev–Trinajstić information content (AvgIpc) is 2.89. The number of rotatable bonds is 4. The average molecular weight is 292 g/mol. The molecule has 21 heavy (non-hydrogen) atoms. The molecule has 1 aromatic heterocycles. The second kappa shape index (κ2) is 6.53. The molecule has 2 heterocycles. The number of aliphatic carboxylic acids is 1. The molecule has 0 spiro atoms. The molecule has 0 bridgehead atoms. The fourth-order valence-corrected chi connectivity index (χ4v) is 2.28. The van der Waals surface area contributed by atoms with Crippen molar-refractivity contribution in [2.45, 2.75) is 13.0 Å². The van der Waals surface area contributed by atoms with Crippen LogP contribution in [0.1, 0.15) is 12.5 Å². The minimum atomic E-state index is -0.828. The second-order valence-electron chi connectivity index (χ2n) is 5.16. The Morgan fingerprint density at radius 3 is 2.52 bits per heavy atom. The van der Waals surface area contributed by atoms with E-state index in [-0.39, 0.29) is 5.91 Å². The Balaban J connectivity index is 1.86. The summed E-state index contributed by atoms with van der Waals surface area (Å²) in [6.07, 6.45) is 6.79. The molecule has 0 radical (unpaired) electrons. The van der Waals surface area contributed by atoms with Crippen LogP contribution in [-0.2, 0) is 16.6 Å². The number of nitrogens with zero attached hydrogens (tertiary/aromatic N) is 4. The van der Waals surface area contributed by atoms with Gasteiger partial charge in [0.15, 0.2) is 0 Å². The molecule has 1 unspecified atom stereocenters. The maximum atomic E-state index is 12.1. The summed E-state index contributed by atoms with van der Waals surface area (Å²) in [7, 11) is 1.82. The van der Waals surface area contributed by atoms with E-state index in [1.807, 2.05) is 18.1 Å². The van der Waals surface area contributed by atoms with Gasteiger partial charge >= 0.3 is 5.97 Å². The zero-order valence-corrected chi connectivity index (χ0v) is 12.3. The molecule has 0 aliphatic carbocycles. The first-order valence-corrected chi connectivity index (χ1v) is 6.90. The van der Waals surface area contributed by atoms with Gasteiger partial charge in [-0.2, -0.15) is 5.10 Å². The molecule has 0 saturated carbocycles. The molecule has 1 aliphatic rings. The summed E-state index contributed by atoms with van der Waals surface area (Å²) in [5.41, 5.74) is 0.879. The number of amides is 1. The summed E-state index contributed by atoms with van der Waals surface area (Å²) in [6, 6.07) is -0.506. The van der Waals surface area contributed by atoms with E-state index in [0.717, 1.165) is 5.56 Å². The van der Waals surface area contributed by atoms with Crippen molar-refractivity contribution in [2.75, 3.05) is 26.2 Å². The van der Waals surface area contributed by atoms with Crippen LogP contribution in [0.4, 0.5) is 0 Å². The normalized spacial score (nSPS) is 18.1. The number of carboxylic acids is 1. The van der Waals surface area contributed by atoms with E-state index in [1.54, 1.807) is 28.8 Å². The number of piperazine rings is 1. The van der Waals surface area contributed by atoms with Crippen LogP contribution in [0, 0.1) is 0 Å². The van der Waals surface area contributed by atoms with E-state index in [4.69, 9.17) is 5.11 Å². The Morgan fingerprint density at radius 1 is 1.33 bits per heavy atom. The predicted octanol–water partition coefficient (Wildman–Crippen LogP) is 0.0506. The number of carboxylic acid groups (broad SMARTS) is 1. The summed E-state index contributed by atoms with van der Waals surface area (Å²) in [4.78, 5) is 26.6. The van der Waals surface area contributed by atoms with Crippen molar-refractivity contribution < 1.29 is 14.7 Å². The van der Waals surface area contributed by atoms with E-state index in [1.165, 1.54) is 6.08 Å². The SMILES string of the molecule is CC(C(=O)O)N1CCN(C(=O)C=Cc2cnn(C)c2)CC1. The van der Waals surface area contributed by atoms with Crippen LogP contribution in [0.25, 0.3) is 6.08 Å². The predicted molar refractivity (Wildman–Crippen MR) is 77.5 cm³/mol. The molecule has 7 heteroatoms. The molecule has 1 saturated heterocycles. The minimum absolute atomic E-state index is 0.0542. The summed E-state index contributed by atoms with van der Waals surface area (Å²) in [5.74, 6) is -0.882. The molecule has 0 aromatic carbocycles. The van der Waals surface area contributed by atoms with Crippen LogP contribution in [-0.4, -0.2) is 68.8 Å². The smallest absolute Gasteiger partial charge is 0.320 e. The number of aryl methyl sites for hydroxylation is 1. The number of hydrogen-bond donors (Lipinski definition) is 1. The van der Waals surface area contributed by atoms with Crippen LogP contribution in [0.5, 0.6) is 0 Å². The summed E-state index contributed by atoms with van der Waals surface area (Å²) >= 11 is 0. The van der Waals surface area contributed by atoms with E-state index in [9.17, 15) is 9.59 Å². The van der Waals surface area contributed by atoms with Gasteiger partial charge in [0, 0.05) is 51.1 Å². The van der Waals surface area contributed by atoms with Crippen molar-refractivity contribution in [1.29, 1.82) is 0 Å². The molecule has 1 fully saturated rings. The lowest BCUT2D eigenvalue weighted by Gasteiger charge is -2.36. The number of aromatic nitrogens is 2. The highest BCUT2D eigenvalue weighted by atomic mass is 16.4. The Bertz CT molecular complexity index is 544. The van der Waals surface area contributed by atoms with Crippen LogP contribution in [0.3, 0.4) is 0 Å². The van der Waals surface area contributed by atoms with Gasteiger partial charge < -0.3 is 10.0 Å². The Hall–Kier alpha value is -2.15.